The minimum absolute atomic E-state index is 0.0227. The fourth-order valence-corrected chi connectivity index (χ4v) is 4.55. The summed E-state index contributed by atoms with van der Waals surface area (Å²) in [5.41, 5.74) is 2.81. The van der Waals surface area contributed by atoms with E-state index in [2.05, 4.69) is 17.5 Å². The Balaban J connectivity index is 1.63. The summed E-state index contributed by atoms with van der Waals surface area (Å²) in [6, 6.07) is 16.6. The lowest BCUT2D eigenvalue weighted by Gasteiger charge is -2.38. The summed E-state index contributed by atoms with van der Waals surface area (Å²) in [7, 11) is 0. The van der Waals surface area contributed by atoms with Gasteiger partial charge in [0.1, 0.15) is 5.82 Å². The zero-order valence-electron chi connectivity index (χ0n) is 15.3. The van der Waals surface area contributed by atoms with E-state index in [-0.39, 0.29) is 11.9 Å². The van der Waals surface area contributed by atoms with Gasteiger partial charge in [-0.25, -0.2) is 9.40 Å². The minimum Gasteiger partial charge on any atom is -0.490 e. The largest absolute Gasteiger partial charge is 0.490 e. The van der Waals surface area contributed by atoms with Crippen LogP contribution in [0.1, 0.15) is 41.6 Å². The summed E-state index contributed by atoms with van der Waals surface area (Å²) < 4.78 is 26.1. The van der Waals surface area contributed by atoms with Crippen molar-refractivity contribution in [3.63, 3.8) is 0 Å². The van der Waals surface area contributed by atoms with Crippen LogP contribution in [0, 0.1) is 5.82 Å². The minimum atomic E-state index is -0.507. The van der Waals surface area contributed by atoms with Crippen LogP contribution in [0.2, 0.25) is 0 Å². The first kappa shape index (κ1) is 17.3. The molecule has 6 heteroatoms. The van der Waals surface area contributed by atoms with Gasteiger partial charge in [0, 0.05) is 17.5 Å². The number of rotatable bonds is 4. The Hall–Kier alpha value is -2.86. The number of ether oxygens (including phenoxy) is 2. The van der Waals surface area contributed by atoms with Gasteiger partial charge in [0.15, 0.2) is 11.5 Å². The molecule has 2 aromatic carbocycles. The maximum absolute atomic E-state index is 13.9. The summed E-state index contributed by atoms with van der Waals surface area (Å²) in [5.74, 6) is 1.15. The zero-order valence-corrected chi connectivity index (χ0v) is 16.2. The van der Waals surface area contributed by atoms with Crippen LogP contribution in [0.15, 0.2) is 65.1 Å². The van der Waals surface area contributed by atoms with E-state index in [0.717, 1.165) is 33.9 Å². The highest BCUT2D eigenvalue weighted by Crippen LogP contribution is 2.50. The second-order valence-electron chi connectivity index (χ2n) is 6.76. The van der Waals surface area contributed by atoms with Crippen LogP contribution in [-0.4, -0.2) is 17.3 Å². The van der Waals surface area contributed by atoms with Crippen molar-refractivity contribution in [2.45, 2.75) is 25.6 Å². The van der Waals surface area contributed by atoms with Crippen molar-refractivity contribution in [1.29, 1.82) is 0 Å². The van der Waals surface area contributed by atoms with Gasteiger partial charge in [-0.3, -0.25) is 0 Å². The van der Waals surface area contributed by atoms with Gasteiger partial charge in [-0.2, -0.15) is 5.10 Å². The van der Waals surface area contributed by atoms with Gasteiger partial charge in [0.25, 0.3) is 0 Å². The van der Waals surface area contributed by atoms with Crippen molar-refractivity contribution >= 4 is 17.0 Å². The molecular weight excluding hydrogens is 375 g/mol. The van der Waals surface area contributed by atoms with E-state index in [1.54, 1.807) is 17.4 Å². The third-order valence-electron chi connectivity index (χ3n) is 5.02. The molecule has 4 nitrogen and oxygen atoms in total. The van der Waals surface area contributed by atoms with Gasteiger partial charge in [-0.1, -0.05) is 30.3 Å². The Kier molecular flexibility index (Phi) is 4.28. The molecule has 2 aliphatic rings. The van der Waals surface area contributed by atoms with E-state index in [1.807, 2.05) is 36.2 Å². The number of hydrogen-bond acceptors (Lipinski definition) is 5. The van der Waals surface area contributed by atoms with E-state index in [0.29, 0.717) is 12.4 Å². The molecule has 0 spiro atoms. The van der Waals surface area contributed by atoms with E-state index < -0.39 is 6.23 Å². The topological polar surface area (TPSA) is 34.1 Å². The lowest BCUT2D eigenvalue weighted by molar-refractivity contribution is -0.0214. The third-order valence-corrected chi connectivity index (χ3v) is 5.94. The van der Waals surface area contributed by atoms with Crippen molar-refractivity contribution in [3.05, 3.63) is 81.8 Å². The van der Waals surface area contributed by atoms with Crippen molar-refractivity contribution in [2.24, 2.45) is 5.10 Å². The summed E-state index contributed by atoms with van der Waals surface area (Å²) in [4.78, 5) is 1.15. The summed E-state index contributed by atoms with van der Waals surface area (Å²) in [5, 5.41) is 8.90. The molecule has 2 unspecified atom stereocenters. The van der Waals surface area contributed by atoms with Gasteiger partial charge in [-0.05, 0) is 36.6 Å². The van der Waals surface area contributed by atoms with E-state index >= 15 is 0 Å². The van der Waals surface area contributed by atoms with Crippen molar-refractivity contribution in [1.82, 2.24) is 5.01 Å². The quantitative estimate of drug-likeness (QED) is 0.584. The van der Waals surface area contributed by atoms with Crippen LogP contribution >= 0.6 is 11.3 Å². The number of hydrogen-bond donors (Lipinski definition) is 0. The average molecular weight is 394 g/mol. The standard InChI is InChI=1S/C22H19FN2O2S/c1-2-26-19-9-4-8-16-18-13-17(20-10-5-11-28-20)24-25(18)22(27-21(16)19)14-6-3-7-15(23)12-14/h3-12,18,22H,2,13H2,1H3. The van der Waals surface area contributed by atoms with Crippen LogP contribution in [0.25, 0.3) is 0 Å². The number of halogens is 1. The maximum atomic E-state index is 13.9. The normalized spacial score (nSPS) is 20.2. The smallest absolute Gasteiger partial charge is 0.214 e. The van der Waals surface area contributed by atoms with E-state index in [9.17, 15) is 4.39 Å². The van der Waals surface area contributed by atoms with Gasteiger partial charge in [0.05, 0.1) is 23.2 Å². The van der Waals surface area contributed by atoms with E-state index in [4.69, 9.17) is 14.6 Å². The Morgan fingerprint density at radius 2 is 2.11 bits per heavy atom. The first-order valence-electron chi connectivity index (χ1n) is 9.32. The molecule has 0 N–H and O–H groups in total. The van der Waals surface area contributed by atoms with Crippen LogP contribution in [0.3, 0.4) is 0 Å². The summed E-state index contributed by atoms with van der Waals surface area (Å²) in [6.07, 6.45) is 0.269. The molecule has 0 aliphatic carbocycles. The average Bonchev–Trinajstić information content (AvgIpc) is 3.38. The van der Waals surface area contributed by atoms with Crippen molar-refractivity contribution < 1.29 is 13.9 Å². The molecule has 0 bridgehead atoms. The lowest BCUT2D eigenvalue weighted by Crippen LogP contribution is -2.34. The Morgan fingerprint density at radius 3 is 2.89 bits per heavy atom. The molecule has 3 aromatic rings. The van der Waals surface area contributed by atoms with Gasteiger partial charge >= 0.3 is 0 Å². The molecule has 0 saturated carbocycles. The highest BCUT2D eigenvalue weighted by molar-refractivity contribution is 7.12. The summed E-state index contributed by atoms with van der Waals surface area (Å²) >= 11 is 1.67. The fourth-order valence-electron chi connectivity index (χ4n) is 3.82. The molecule has 28 heavy (non-hydrogen) atoms. The molecule has 0 fully saturated rings. The lowest BCUT2D eigenvalue weighted by atomic mass is 9.97. The Labute approximate surface area is 166 Å². The van der Waals surface area contributed by atoms with Crippen LogP contribution < -0.4 is 9.47 Å². The molecule has 0 saturated heterocycles. The Bertz CT molecular complexity index is 1030. The molecular formula is C22H19FN2O2S. The second kappa shape index (κ2) is 6.95. The number of thiophene rings is 1. The van der Waals surface area contributed by atoms with Crippen LogP contribution in [0.5, 0.6) is 11.5 Å². The first-order chi connectivity index (χ1) is 13.7. The molecule has 0 amide bonds. The van der Waals surface area contributed by atoms with E-state index in [1.165, 1.54) is 12.1 Å². The molecule has 5 rings (SSSR count). The molecule has 2 atom stereocenters. The van der Waals surface area contributed by atoms with Crippen LogP contribution in [0.4, 0.5) is 4.39 Å². The van der Waals surface area contributed by atoms with Gasteiger partial charge in [0.2, 0.25) is 6.23 Å². The second-order valence-corrected chi connectivity index (χ2v) is 7.70. The van der Waals surface area contributed by atoms with Gasteiger partial charge in [-0.15, -0.1) is 11.3 Å². The van der Waals surface area contributed by atoms with Crippen LogP contribution in [-0.2, 0) is 0 Å². The number of nitrogens with zero attached hydrogens (tertiary/aromatic N) is 2. The predicted molar refractivity (Wildman–Crippen MR) is 107 cm³/mol. The fraction of sp³-hybridized carbons (Fsp3) is 0.227. The summed E-state index contributed by atoms with van der Waals surface area (Å²) in [6.45, 7) is 2.50. The number of fused-ring (bicyclic) bond motifs is 3. The van der Waals surface area contributed by atoms with Gasteiger partial charge < -0.3 is 9.47 Å². The first-order valence-corrected chi connectivity index (χ1v) is 10.2. The number of para-hydroxylation sites is 1. The monoisotopic (exact) mass is 394 g/mol. The zero-order chi connectivity index (χ0) is 19.1. The molecule has 142 valence electrons. The highest BCUT2D eigenvalue weighted by Gasteiger charge is 2.42. The maximum Gasteiger partial charge on any atom is 0.214 e. The third kappa shape index (κ3) is 2.85. The predicted octanol–water partition coefficient (Wildman–Crippen LogP) is 5.53. The Morgan fingerprint density at radius 1 is 1.21 bits per heavy atom. The number of hydrazone groups is 1. The SMILES string of the molecule is CCOc1cccc2c1OC(c1cccc(F)c1)N1N=C(c3cccs3)CC21. The molecule has 0 radical (unpaired) electrons. The van der Waals surface area contributed by atoms with Crippen molar-refractivity contribution in [3.8, 4) is 11.5 Å². The molecule has 1 aromatic heterocycles. The highest BCUT2D eigenvalue weighted by atomic mass is 32.1. The molecule has 3 heterocycles. The molecule has 2 aliphatic heterocycles. The number of benzene rings is 2. The van der Waals surface area contributed by atoms with Crippen molar-refractivity contribution in [2.75, 3.05) is 6.61 Å².